The molecule has 1 N–H and O–H groups in total. The van der Waals surface area contributed by atoms with Crippen molar-refractivity contribution in [2.24, 2.45) is 0 Å². The van der Waals surface area contributed by atoms with Gasteiger partial charge >= 0.3 is 0 Å². The van der Waals surface area contributed by atoms with Gasteiger partial charge in [-0.1, -0.05) is 12.1 Å². The van der Waals surface area contributed by atoms with Crippen molar-refractivity contribution in [3.63, 3.8) is 0 Å². The standard InChI is InChI=1S/C14H20FN3O/c1-10-8-18(13-7-5-4-6-11(13)15)14(19)12(16-10)9-17(2)3/h4-7,10,12,16H,8-9H2,1-3H3. The van der Waals surface area contributed by atoms with E-state index in [4.69, 9.17) is 0 Å². The SMILES string of the molecule is CC1CN(c2ccccc2F)C(=O)C(CN(C)C)N1. The topological polar surface area (TPSA) is 35.6 Å². The molecule has 4 nitrogen and oxygen atoms in total. The summed E-state index contributed by atoms with van der Waals surface area (Å²) in [7, 11) is 3.84. The van der Waals surface area contributed by atoms with Gasteiger partial charge in [-0.3, -0.25) is 4.79 Å². The minimum atomic E-state index is -0.353. The number of piperazine rings is 1. The molecule has 19 heavy (non-hydrogen) atoms. The van der Waals surface area contributed by atoms with E-state index in [9.17, 15) is 9.18 Å². The van der Waals surface area contributed by atoms with E-state index in [1.54, 1.807) is 23.1 Å². The molecule has 0 aliphatic carbocycles. The molecule has 1 amide bonds. The first-order valence-electron chi connectivity index (χ1n) is 6.45. The Morgan fingerprint density at radius 1 is 1.42 bits per heavy atom. The van der Waals surface area contributed by atoms with Crippen LogP contribution < -0.4 is 10.2 Å². The zero-order valence-electron chi connectivity index (χ0n) is 11.6. The number of carbonyl (C=O) groups excluding carboxylic acids is 1. The second kappa shape index (κ2) is 5.67. The molecule has 5 heteroatoms. The Morgan fingerprint density at radius 2 is 2.11 bits per heavy atom. The molecule has 0 spiro atoms. The highest BCUT2D eigenvalue weighted by molar-refractivity contribution is 5.98. The van der Waals surface area contributed by atoms with Gasteiger partial charge in [0, 0.05) is 19.1 Å². The van der Waals surface area contributed by atoms with Crippen LogP contribution in [0.5, 0.6) is 0 Å². The summed E-state index contributed by atoms with van der Waals surface area (Å²) >= 11 is 0. The average molecular weight is 265 g/mol. The smallest absolute Gasteiger partial charge is 0.245 e. The number of anilines is 1. The predicted molar refractivity (Wildman–Crippen MR) is 73.7 cm³/mol. The van der Waals surface area contributed by atoms with E-state index in [-0.39, 0.29) is 23.8 Å². The van der Waals surface area contributed by atoms with E-state index in [1.807, 2.05) is 25.9 Å². The molecule has 1 saturated heterocycles. The first-order valence-corrected chi connectivity index (χ1v) is 6.45. The van der Waals surface area contributed by atoms with Gasteiger partial charge in [-0.05, 0) is 33.2 Å². The number of likely N-dealkylation sites (N-methyl/N-ethyl adjacent to an activating group) is 1. The summed E-state index contributed by atoms with van der Waals surface area (Å²) in [5, 5.41) is 3.26. The van der Waals surface area contributed by atoms with Crippen LogP contribution in [0.2, 0.25) is 0 Å². The monoisotopic (exact) mass is 265 g/mol. The van der Waals surface area contributed by atoms with Crippen molar-refractivity contribution in [3.8, 4) is 0 Å². The minimum absolute atomic E-state index is 0.0723. The van der Waals surface area contributed by atoms with Gasteiger partial charge in [0.1, 0.15) is 11.9 Å². The normalized spacial score (nSPS) is 24.1. The van der Waals surface area contributed by atoms with E-state index in [0.29, 0.717) is 18.8 Å². The lowest BCUT2D eigenvalue weighted by Gasteiger charge is -2.38. The molecule has 2 rings (SSSR count). The molecule has 0 radical (unpaired) electrons. The minimum Gasteiger partial charge on any atom is -0.307 e. The Kier molecular flexibility index (Phi) is 4.17. The van der Waals surface area contributed by atoms with Crippen LogP contribution in [-0.4, -0.2) is 50.1 Å². The second-order valence-corrected chi connectivity index (χ2v) is 5.28. The van der Waals surface area contributed by atoms with Crippen LogP contribution in [0.1, 0.15) is 6.92 Å². The summed E-state index contributed by atoms with van der Waals surface area (Å²) in [6.07, 6.45) is 0. The summed E-state index contributed by atoms with van der Waals surface area (Å²) in [6.45, 7) is 3.10. The maximum absolute atomic E-state index is 13.8. The fourth-order valence-corrected chi connectivity index (χ4v) is 2.40. The molecule has 0 saturated carbocycles. The van der Waals surface area contributed by atoms with Crippen molar-refractivity contribution in [1.29, 1.82) is 0 Å². The van der Waals surface area contributed by atoms with Crippen molar-refractivity contribution in [1.82, 2.24) is 10.2 Å². The zero-order chi connectivity index (χ0) is 14.0. The van der Waals surface area contributed by atoms with Gasteiger partial charge in [0.15, 0.2) is 0 Å². The molecule has 0 aromatic heterocycles. The van der Waals surface area contributed by atoms with Crippen LogP contribution in [0.15, 0.2) is 24.3 Å². The maximum atomic E-state index is 13.8. The summed E-state index contributed by atoms with van der Waals surface area (Å²) in [6, 6.07) is 6.26. The lowest BCUT2D eigenvalue weighted by atomic mass is 10.1. The van der Waals surface area contributed by atoms with E-state index in [1.165, 1.54) is 6.07 Å². The number of amides is 1. The van der Waals surface area contributed by atoms with Crippen molar-refractivity contribution in [3.05, 3.63) is 30.1 Å². The van der Waals surface area contributed by atoms with Crippen LogP contribution in [0.3, 0.4) is 0 Å². The number of nitrogens with one attached hydrogen (secondary N) is 1. The molecule has 1 aromatic rings. The van der Waals surface area contributed by atoms with Gasteiger partial charge < -0.3 is 15.1 Å². The number of hydrogen-bond donors (Lipinski definition) is 1. The highest BCUT2D eigenvalue weighted by Crippen LogP contribution is 2.22. The zero-order valence-corrected chi connectivity index (χ0v) is 11.6. The highest BCUT2D eigenvalue weighted by atomic mass is 19.1. The lowest BCUT2D eigenvalue weighted by Crippen LogP contribution is -2.62. The Labute approximate surface area is 113 Å². The first-order chi connectivity index (χ1) is 8.99. The summed E-state index contributed by atoms with van der Waals surface area (Å²) in [5.74, 6) is -0.426. The number of hydrogen-bond acceptors (Lipinski definition) is 3. The van der Waals surface area contributed by atoms with Gasteiger partial charge in [-0.2, -0.15) is 0 Å². The molecular formula is C14H20FN3O. The second-order valence-electron chi connectivity index (χ2n) is 5.28. The van der Waals surface area contributed by atoms with Crippen LogP contribution >= 0.6 is 0 Å². The van der Waals surface area contributed by atoms with Gasteiger partial charge in [0.05, 0.1) is 5.69 Å². The Morgan fingerprint density at radius 3 is 2.74 bits per heavy atom. The molecule has 1 aliphatic rings. The fraction of sp³-hybridized carbons (Fsp3) is 0.500. The molecule has 1 aliphatic heterocycles. The highest BCUT2D eigenvalue weighted by Gasteiger charge is 2.33. The largest absolute Gasteiger partial charge is 0.307 e. The summed E-state index contributed by atoms with van der Waals surface area (Å²) < 4.78 is 13.8. The number of benzene rings is 1. The quantitative estimate of drug-likeness (QED) is 0.888. The molecule has 104 valence electrons. The molecule has 2 atom stereocenters. The molecule has 1 fully saturated rings. The van der Waals surface area contributed by atoms with E-state index < -0.39 is 0 Å². The number of halogens is 1. The Bertz CT molecular complexity index is 462. The maximum Gasteiger partial charge on any atom is 0.245 e. The molecule has 2 unspecified atom stereocenters. The third kappa shape index (κ3) is 3.11. The average Bonchev–Trinajstić information content (AvgIpc) is 2.33. The molecule has 0 bridgehead atoms. The van der Waals surface area contributed by atoms with Crippen LogP contribution in [0.25, 0.3) is 0 Å². The van der Waals surface area contributed by atoms with Crippen LogP contribution in [0, 0.1) is 5.82 Å². The van der Waals surface area contributed by atoms with Crippen molar-refractivity contribution < 1.29 is 9.18 Å². The van der Waals surface area contributed by atoms with Crippen molar-refractivity contribution in [2.45, 2.75) is 19.0 Å². The van der Waals surface area contributed by atoms with E-state index in [0.717, 1.165) is 0 Å². The van der Waals surface area contributed by atoms with Crippen LogP contribution in [0.4, 0.5) is 10.1 Å². The van der Waals surface area contributed by atoms with E-state index >= 15 is 0 Å². The first kappa shape index (κ1) is 14.0. The van der Waals surface area contributed by atoms with Gasteiger partial charge in [-0.15, -0.1) is 0 Å². The fourth-order valence-electron chi connectivity index (χ4n) is 2.40. The van der Waals surface area contributed by atoms with Crippen LogP contribution in [-0.2, 0) is 4.79 Å². The number of rotatable bonds is 3. The summed E-state index contributed by atoms with van der Waals surface area (Å²) in [5.41, 5.74) is 0.365. The van der Waals surface area contributed by atoms with Gasteiger partial charge in [0.25, 0.3) is 0 Å². The Hall–Kier alpha value is -1.46. The third-order valence-electron chi connectivity index (χ3n) is 3.20. The third-order valence-corrected chi connectivity index (χ3v) is 3.20. The lowest BCUT2D eigenvalue weighted by molar-refractivity contribution is -0.122. The number of carbonyl (C=O) groups is 1. The van der Waals surface area contributed by atoms with Gasteiger partial charge in [0.2, 0.25) is 5.91 Å². The van der Waals surface area contributed by atoms with Gasteiger partial charge in [-0.25, -0.2) is 4.39 Å². The molecule has 1 heterocycles. The predicted octanol–water partition coefficient (Wildman–Crippen LogP) is 1.08. The summed E-state index contributed by atoms with van der Waals surface area (Å²) in [4.78, 5) is 15.9. The number of nitrogens with zero attached hydrogens (tertiary/aromatic N) is 2. The Balaban J connectivity index is 2.25. The van der Waals surface area contributed by atoms with E-state index in [2.05, 4.69) is 5.32 Å². The number of para-hydroxylation sites is 1. The molecule has 1 aromatic carbocycles. The van der Waals surface area contributed by atoms with Crippen molar-refractivity contribution >= 4 is 11.6 Å². The van der Waals surface area contributed by atoms with Crippen molar-refractivity contribution in [2.75, 3.05) is 32.1 Å². The molecular weight excluding hydrogens is 245 g/mol.